The van der Waals surface area contributed by atoms with Crippen molar-refractivity contribution in [2.75, 3.05) is 6.54 Å². The van der Waals surface area contributed by atoms with Crippen molar-refractivity contribution >= 4 is 0 Å². The zero-order valence-electron chi connectivity index (χ0n) is 11.1. The summed E-state index contributed by atoms with van der Waals surface area (Å²) in [5, 5.41) is 4.19. The molecular weight excluding hydrogens is 222 g/mol. The number of hydrogen-bond donors (Lipinski definition) is 1. The molecule has 1 heterocycles. The fourth-order valence-corrected chi connectivity index (χ4v) is 2.19. The molecule has 0 saturated heterocycles. The molecule has 0 aliphatic rings. The standard InChI is InChI=1S/C15H21N3/c1-12(7-8-16)9-13-3-5-14(6-4-13)15-10-17-18(2)11-15/h3-6,10-12H,7-9,16H2,1-2H3. The summed E-state index contributed by atoms with van der Waals surface area (Å²) in [6, 6.07) is 8.74. The van der Waals surface area contributed by atoms with Crippen LogP contribution in [0.1, 0.15) is 18.9 Å². The number of nitrogens with zero attached hydrogens (tertiary/aromatic N) is 2. The zero-order chi connectivity index (χ0) is 13.0. The molecule has 0 aliphatic carbocycles. The van der Waals surface area contributed by atoms with Gasteiger partial charge in [-0.15, -0.1) is 0 Å². The van der Waals surface area contributed by atoms with Gasteiger partial charge in [-0.2, -0.15) is 5.10 Å². The molecule has 0 spiro atoms. The quantitative estimate of drug-likeness (QED) is 0.877. The van der Waals surface area contributed by atoms with Crippen LogP contribution in [-0.4, -0.2) is 16.3 Å². The van der Waals surface area contributed by atoms with Crippen molar-refractivity contribution < 1.29 is 0 Å². The van der Waals surface area contributed by atoms with Gasteiger partial charge in [0.15, 0.2) is 0 Å². The highest BCUT2D eigenvalue weighted by Crippen LogP contribution is 2.20. The van der Waals surface area contributed by atoms with E-state index in [9.17, 15) is 0 Å². The van der Waals surface area contributed by atoms with E-state index in [0.717, 1.165) is 19.4 Å². The minimum absolute atomic E-state index is 0.652. The van der Waals surface area contributed by atoms with E-state index in [0.29, 0.717) is 5.92 Å². The second-order valence-electron chi connectivity index (χ2n) is 4.99. The van der Waals surface area contributed by atoms with Gasteiger partial charge >= 0.3 is 0 Å². The smallest absolute Gasteiger partial charge is 0.0568 e. The van der Waals surface area contributed by atoms with Crippen molar-refractivity contribution in [1.82, 2.24) is 9.78 Å². The Morgan fingerprint density at radius 3 is 2.50 bits per heavy atom. The Hall–Kier alpha value is -1.61. The van der Waals surface area contributed by atoms with Crippen molar-refractivity contribution in [1.29, 1.82) is 0 Å². The van der Waals surface area contributed by atoms with Crippen molar-refractivity contribution in [3.8, 4) is 11.1 Å². The third kappa shape index (κ3) is 3.20. The lowest BCUT2D eigenvalue weighted by molar-refractivity contribution is 0.538. The molecule has 0 bridgehead atoms. The molecule has 2 rings (SSSR count). The fourth-order valence-electron chi connectivity index (χ4n) is 2.19. The normalized spacial score (nSPS) is 12.6. The maximum Gasteiger partial charge on any atom is 0.0568 e. The molecule has 1 atom stereocenters. The number of rotatable bonds is 5. The van der Waals surface area contributed by atoms with Crippen molar-refractivity contribution in [3.05, 3.63) is 42.2 Å². The summed E-state index contributed by atoms with van der Waals surface area (Å²) in [7, 11) is 1.94. The lowest BCUT2D eigenvalue weighted by Crippen LogP contribution is -2.07. The van der Waals surface area contributed by atoms with Crippen LogP contribution >= 0.6 is 0 Å². The average molecular weight is 243 g/mol. The van der Waals surface area contributed by atoms with Crippen LogP contribution in [0.4, 0.5) is 0 Å². The van der Waals surface area contributed by atoms with E-state index in [1.54, 1.807) is 0 Å². The first-order valence-corrected chi connectivity index (χ1v) is 6.47. The van der Waals surface area contributed by atoms with E-state index in [4.69, 9.17) is 5.73 Å². The first-order valence-electron chi connectivity index (χ1n) is 6.47. The second kappa shape index (κ2) is 5.83. The van der Waals surface area contributed by atoms with Crippen LogP contribution in [0, 0.1) is 5.92 Å². The lowest BCUT2D eigenvalue weighted by Gasteiger charge is -2.10. The average Bonchev–Trinajstić information content (AvgIpc) is 2.77. The van der Waals surface area contributed by atoms with Crippen LogP contribution in [0.3, 0.4) is 0 Å². The minimum Gasteiger partial charge on any atom is -0.330 e. The molecule has 3 heteroatoms. The highest BCUT2D eigenvalue weighted by atomic mass is 15.2. The monoisotopic (exact) mass is 243 g/mol. The predicted molar refractivity (Wildman–Crippen MR) is 75.2 cm³/mol. The van der Waals surface area contributed by atoms with Gasteiger partial charge in [-0.05, 0) is 36.4 Å². The molecule has 1 aromatic carbocycles. The van der Waals surface area contributed by atoms with Crippen LogP contribution in [0.5, 0.6) is 0 Å². The first kappa shape index (κ1) is 12.8. The number of aromatic nitrogens is 2. The number of benzene rings is 1. The summed E-state index contributed by atoms with van der Waals surface area (Å²) >= 11 is 0. The maximum absolute atomic E-state index is 5.58. The van der Waals surface area contributed by atoms with Gasteiger partial charge in [-0.1, -0.05) is 31.2 Å². The van der Waals surface area contributed by atoms with Gasteiger partial charge in [0, 0.05) is 18.8 Å². The van der Waals surface area contributed by atoms with Gasteiger partial charge in [0.1, 0.15) is 0 Å². The van der Waals surface area contributed by atoms with Gasteiger partial charge in [0.25, 0.3) is 0 Å². The molecule has 96 valence electrons. The Morgan fingerprint density at radius 2 is 1.94 bits per heavy atom. The Bertz CT molecular complexity index is 485. The fraction of sp³-hybridized carbons (Fsp3) is 0.400. The van der Waals surface area contributed by atoms with Crippen LogP contribution in [0.15, 0.2) is 36.7 Å². The molecule has 0 saturated carbocycles. The summed E-state index contributed by atoms with van der Waals surface area (Å²) < 4.78 is 1.83. The highest BCUT2D eigenvalue weighted by Gasteiger charge is 2.04. The van der Waals surface area contributed by atoms with Crippen LogP contribution in [0.2, 0.25) is 0 Å². The molecule has 0 aliphatic heterocycles. The van der Waals surface area contributed by atoms with Gasteiger partial charge in [0.2, 0.25) is 0 Å². The van der Waals surface area contributed by atoms with Gasteiger partial charge in [-0.3, -0.25) is 4.68 Å². The van der Waals surface area contributed by atoms with E-state index in [-0.39, 0.29) is 0 Å². The van der Waals surface area contributed by atoms with Crippen molar-refractivity contribution in [2.24, 2.45) is 18.7 Å². The maximum atomic E-state index is 5.58. The molecule has 3 nitrogen and oxygen atoms in total. The van der Waals surface area contributed by atoms with E-state index < -0.39 is 0 Å². The third-order valence-electron chi connectivity index (χ3n) is 3.24. The largest absolute Gasteiger partial charge is 0.330 e. The Morgan fingerprint density at radius 1 is 1.22 bits per heavy atom. The van der Waals surface area contributed by atoms with Crippen LogP contribution < -0.4 is 5.73 Å². The second-order valence-corrected chi connectivity index (χ2v) is 4.99. The van der Waals surface area contributed by atoms with Crippen molar-refractivity contribution in [3.63, 3.8) is 0 Å². The number of nitrogens with two attached hydrogens (primary N) is 1. The topological polar surface area (TPSA) is 43.8 Å². The summed E-state index contributed by atoms with van der Waals surface area (Å²) in [5.74, 6) is 0.652. The Labute approximate surface area is 109 Å². The van der Waals surface area contributed by atoms with Gasteiger partial charge in [-0.25, -0.2) is 0 Å². The third-order valence-corrected chi connectivity index (χ3v) is 3.24. The molecular formula is C15H21N3. The minimum atomic E-state index is 0.652. The number of hydrogen-bond acceptors (Lipinski definition) is 2. The summed E-state index contributed by atoms with van der Waals surface area (Å²) in [6.07, 6.45) is 6.12. The number of aryl methyl sites for hydroxylation is 1. The van der Waals surface area contributed by atoms with Gasteiger partial charge in [0.05, 0.1) is 6.20 Å². The Balaban J connectivity index is 2.06. The Kier molecular flexibility index (Phi) is 4.15. The van der Waals surface area contributed by atoms with Crippen LogP contribution in [0.25, 0.3) is 11.1 Å². The highest BCUT2D eigenvalue weighted by molar-refractivity contribution is 5.61. The molecule has 0 fully saturated rings. The SMILES string of the molecule is CC(CCN)Cc1ccc(-c2cnn(C)c2)cc1. The molecule has 2 N–H and O–H groups in total. The van der Waals surface area contributed by atoms with Gasteiger partial charge < -0.3 is 5.73 Å². The van der Waals surface area contributed by atoms with Crippen LogP contribution in [-0.2, 0) is 13.5 Å². The van der Waals surface area contributed by atoms with E-state index >= 15 is 0 Å². The molecule has 0 radical (unpaired) electrons. The summed E-state index contributed by atoms with van der Waals surface area (Å²) in [5.41, 5.74) is 9.34. The predicted octanol–water partition coefficient (Wildman–Crippen LogP) is 2.61. The lowest BCUT2D eigenvalue weighted by atomic mass is 9.97. The zero-order valence-corrected chi connectivity index (χ0v) is 11.1. The first-order chi connectivity index (χ1) is 8.69. The summed E-state index contributed by atoms with van der Waals surface area (Å²) in [4.78, 5) is 0. The van der Waals surface area contributed by atoms with E-state index in [2.05, 4.69) is 36.3 Å². The molecule has 18 heavy (non-hydrogen) atoms. The molecule has 2 aromatic rings. The van der Waals surface area contributed by atoms with Crippen molar-refractivity contribution in [2.45, 2.75) is 19.8 Å². The summed E-state index contributed by atoms with van der Waals surface area (Å²) in [6.45, 7) is 3.02. The van der Waals surface area contributed by atoms with E-state index in [1.807, 2.05) is 24.1 Å². The molecule has 1 aromatic heterocycles. The van der Waals surface area contributed by atoms with E-state index in [1.165, 1.54) is 16.7 Å². The molecule has 0 amide bonds. The molecule has 1 unspecified atom stereocenters.